The summed E-state index contributed by atoms with van der Waals surface area (Å²) < 4.78 is 17.8. The average molecular weight is 463 g/mol. The van der Waals surface area contributed by atoms with Gasteiger partial charge < -0.3 is 19.3 Å². The predicted molar refractivity (Wildman–Crippen MR) is 136 cm³/mol. The molecule has 1 N–H and O–H groups in total. The molecule has 0 unspecified atom stereocenters. The Balaban J connectivity index is 2.03. The second kappa shape index (κ2) is 13.2. The summed E-state index contributed by atoms with van der Waals surface area (Å²) in [5.74, 6) is 1.60. The number of nitrogens with one attached hydrogen (secondary N) is 1. The molecule has 0 saturated carbocycles. The zero-order valence-corrected chi connectivity index (χ0v) is 20.3. The Morgan fingerprint density at radius 3 is 2.32 bits per heavy atom. The van der Waals surface area contributed by atoms with E-state index in [4.69, 9.17) is 14.0 Å². The van der Waals surface area contributed by atoms with E-state index in [2.05, 4.69) is 24.3 Å². The first-order valence-electron chi connectivity index (χ1n) is 12.1. The van der Waals surface area contributed by atoms with Gasteiger partial charge in [0.15, 0.2) is 11.5 Å². The first-order chi connectivity index (χ1) is 16.7. The van der Waals surface area contributed by atoms with Crippen LogP contribution < -0.4 is 14.8 Å². The Morgan fingerprint density at radius 1 is 0.941 bits per heavy atom. The second-order valence-electron chi connectivity index (χ2n) is 7.97. The standard InChI is InChI=1S/C28H34N2O4/c1-4-7-16-32-25-20-26(33-17-8-5-2)23(27-19-24(30-34-27)28(31)29-6-3)18-22(25)15-14-21-12-10-9-11-13-21/h9-15,18-20H,4-8,16-17H2,1-3H3,(H,29,31)/b15-14+. The molecule has 0 spiro atoms. The lowest BCUT2D eigenvalue weighted by Gasteiger charge is -2.15. The molecule has 6 heteroatoms. The Morgan fingerprint density at radius 2 is 1.65 bits per heavy atom. The van der Waals surface area contributed by atoms with Gasteiger partial charge in [0.05, 0.1) is 18.8 Å². The van der Waals surface area contributed by atoms with Crippen LogP contribution in [0.25, 0.3) is 23.5 Å². The van der Waals surface area contributed by atoms with Crippen LogP contribution in [-0.2, 0) is 0 Å². The summed E-state index contributed by atoms with van der Waals surface area (Å²) >= 11 is 0. The molecule has 0 aliphatic carbocycles. The summed E-state index contributed by atoms with van der Waals surface area (Å²) in [5, 5.41) is 6.71. The van der Waals surface area contributed by atoms with Gasteiger partial charge in [0.25, 0.3) is 5.91 Å². The van der Waals surface area contributed by atoms with Crippen LogP contribution in [0.2, 0.25) is 0 Å². The van der Waals surface area contributed by atoms with Gasteiger partial charge in [-0.25, -0.2) is 0 Å². The van der Waals surface area contributed by atoms with Crippen LogP contribution >= 0.6 is 0 Å². The van der Waals surface area contributed by atoms with Crippen molar-refractivity contribution in [1.29, 1.82) is 0 Å². The van der Waals surface area contributed by atoms with Crippen molar-refractivity contribution in [2.45, 2.75) is 46.5 Å². The van der Waals surface area contributed by atoms with E-state index in [1.165, 1.54) is 0 Å². The largest absolute Gasteiger partial charge is 0.493 e. The minimum Gasteiger partial charge on any atom is -0.493 e. The number of carbonyl (C=O) groups excluding carboxylic acids is 1. The Bertz CT molecular complexity index is 1070. The number of carbonyl (C=O) groups is 1. The number of hydrogen-bond acceptors (Lipinski definition) is 5. The predicted octanol–water partition coefficient (Wildman–Crippen LogP) is 6.62. The van der Waals surface area contributed by atoms with Crippen molar-refractivity contribution in [1.82, 2.24) is 10.5 Å². The van der Waals surface area contributed by atoms with Gasteiger partial charge in [-0.05, 0) is 31.4 Å². The topological polar surface area (TPSA) is 73.6 Å². The summed E-state index contributed by atoms with van der Waals surface area (Å²) in [6.45, 7) is 7.84. The number of unbranched alkanes of at least 4 members (excludes halogenated alkanes) is 2. The van der Waals surface area contributed by atoms with Crippen molar-refractivity contribution in [3.63, 3.8) is 0 Å². The smallest absolute Gasteiger partial charge is 0.273 e. The molecule has 6 nitrogen and oxygen atoms in total. The van der Waals surface area contributed by atoms with E-state index in [1.54, 1.807) is 6.07 Å². The van der Waals surface area contributed by atoms with Crippen LogP contribution in [0.5, 0.6) is 11.5 Å². The molecule has 0 saturated heterocycles. The maximum atomic E-state index is 12.2. The quantitative estimate of drug-likeness (QED) is 0.228. The van der Waals surface area contributed by atoms with Gasteiger partial charge >= 0.3 is 0 Å². The zero-order valence-electron chi connectivity index (χ0n) is 20.3. The van der Waals surface area contributed by atoms with E-state index in [0.717, 1.165) is 48.1 Å². The van der Waals surface area contributed by atoms with Crippen LogP contribution in [0, 0.1) is 0 Å². The van der Waals surface area contributed by atoms with Gasteiger partial charge in [0.2, 0.25) is 0 Å². The highest BCUT2D eigenvalue weighted by atomic mass is 16.5. The SMILES string of the molecule is CCCCOc1cc(OCCCC)c(-c2cc(C(=O)NCC)no2)cc1/C=C/c1ccccc1. The summed E-state index contributed by atoms with van der Waals surface area (Å²) in [5.41, 5.74) is 2.95. The Labute approximate surface area is 202 Å². The Kier molecular flexibility index (Phi) is 9.77. The third-order valence-corrected chi connectivity index (χ3v) is 5.22. The van der Waals surface area contributed by atoms with Crippen molar-refractivity contribution >= 4 is 18.1 Å². The second-order valence-corrected chi connectivity index (χ2v) is 7.97. The molecule has 0 radical (unpaired) electrons. The van der Waals surface area contributed by atoms with Crippen LogP contribution in [0.15, 0.2) is 53.1 Å². The van der Waals surface area contributed by atoms with E-state index in [0.29, 0.717) is 31.3 Å². The first-order valence-corrected chi connectivity index (χ1v) is 12.1. The fraction of sp³-hybridized carbons (Fsp3) is 0.357. The lowest BCUT2D eigenvalue weighted by atomic mass is 10.0. The molecule has 3 rings (SSSR count). The van der Waals surface area contributed by atoms with Gasteiger partial charge in [-0.3, -0.25) is 4.79 Å². The molecule has 0 aliphatic heterocycles. The fourth-order valence-electron chi connectivity index (χ4n) is 3.31. The lowest BCUT2D eigenvalue weighted by molar-refractivity contribution is 0.0947. The normalized spacial score (nSPS) is 11.0. The Hall–Kier alpha value is -3.54. The molecule has 1 heterocycles. The molecule has 1 aromatic heterocycles. The number of ether oxygens (including phenoxy) is 2. The van der Waals surface area contributed by atoms with Gasteiger partial charge in [0.1, 0.15) is 11.5 Å². The van der Waals surface area contributed by atoms with Crippen molar-refractivity contribution in [2.75, 3.05) is 19.8 Å². The van der Waals surface area contributed by atoms with Crippen LogP contribution in [0.1, 0.15) is 68.1 Å². The highest BCUT2D eigenvalue weighted by molar-refractivity contribution is 5.93. The van der Waals surface area contributed by atoms with E-state index < -0.39 is 0 Å². The molecule has 0 fully saturated rings. The molecule has 3 aromatic rings. The molecule has 0 aliphatic rings. The molecule has 2 aromatic carbocycles. The minimum atomic E-state index is -0.269. The monoisotopic (exact) mass is 462 g/mol. The number of benzene rings is 2. The van der Waals surface area contributed by atoms with Crippen LogP contribution in [0.4, 0.5) is 0 Å². The molecular formula is C28H34N2O4. The minimum absolute atomic E-state index is 0.237. The molecule has 180 valence electrons. The molecule has 1 amide bonds. The van der Waals surface area contributed by atoms with E-state index in [9.17, 15) is 4.79 Å². The van der Waals surface area contributed by atoms with Crippen molar-refractivity contribution in [3.05, 3.63) is 65.4 Å². The van der Waals surface area contributed by atoms with Crippen LogP contribution in [0.3, 0.4) is 0 Å². The summed E-state index contributed by atoms with van der Waals surface area (Å²) in [6, 6.07) is 15.6. The third kappa shape index (κ3) is 6.98. The molecular weight excluding hydrogens is 428 g/mol. The zero-order chi connectivity index (χ0) is 24.2. The molecule has 0 atom stereocenters. The van der Waals surface area contributed by atoms with Gasteiger partial charge in [-0.1, -0.05) is 74.3 Å². The lowest BCUT2D eigenvalue weighted by Crippen LogP contribution is -2.22. The number of rotatable bonds is 13. The number of aromatic nitrogens is 1. The summed E-state index contributed by atoms with van der Waals surface area (Å²) in [6.07, 6.45) is 8.04. The third-order valence-electron chi connectivity index (χ3n) is 5.22. The van der Waals surface area contributed by atoms with Crippen molar-refractivity contribution in [3.8, 4) is 22.8 Å². The van der Waals surface area contributed by atoms with E-state index in [-0.39, 0.29) is 11.6 Å². The highest BCUT2D eigenvalue weighted by Gasteiger charge is 2.19. The maximum Gasteiger partial charge on any atom is 0.273 e. The van der Waals surface area contributed by atoms with E-state index >= 15 is 0 Å². The first kappa shape index (κ1) is 25.1. The molecule has 34 heavy (non-hydrogen) atoms. The van der Waals surface area contributed by atoms with Crippen molar-refractivity contribution in [2.24, 2.45) is 0 Å². The van der Waals surface area contributed by atoms with Crippen molar-refractivity contribution < 1.29 is 18.8 Å². The van der Waals surface area contributed by atoms with E-state index in [1.807, 2.05) is 61.5 Å². The average Bonchev–Trinajstić information content (AvgIpc) is 3.35. The van der Waals surface area contributed by atoms with Gasteiger partial charge in [0, 0.05) is 24.2 Å². The van der Waals surface area contributed by atoms with Gasteiger partial charge in [-0.15, -0.1) is 0 Å². The number of hydrogen-bond donors (Lipinski definition) is 1. The maximum absolute atomic E-state index is 12.2. The fourth-order valence-corrected chi connectivity index (χ4v) is 3.31. The number of amides is 1. The number of nitrogens with zero attached hydrogens (tertiary/aromatic N) is 1. The highest BCUT2D eigenvalue weighted by Crippen LogP contribution is 2.38. The summed E-state index contributed by atoms with van der Waals surface area (Å²) in [4.78, 5) is 12.2. The summed E-state index contributed by atoms with van der Waals surface area (Å²) in [7, 11) is 0. The van der Waals surface area contributed by atoms with Gasteiger partial charge in [-0.2, -0.15) is 0 Å². The van der Waals surface area contributed by atoms with Crippen LogP contribution in [-0.4, -0.2) is 30.8 Å². The molecule has 0 bridgehead atoms.